The second-order valence-electron chi connectivity index (χ2n) is 3.58. The van der Waals surface area contributed by atoms with Gasteiger partial charge in [-0.25, -0.2) is 4.98 Å². The third-order valence-electron chi connectivity index (χ3n) is 2.36. The smallest absolute Gasteiger partial charge is 0.234 e. The van der Waals surface area contributed by atoms with Crippen molar-refractivity contribution in [1.82, 2.24) is 4.98 Å². The summed E-state index contributed by atoms with van der Waals surface area (Å²) in [5.74, 6) is 1.11. The summed E-state index contributed by atoms with van der Waals surface area (Å²) in [7, 11) is 1.72. The van der Waals surface area contributed by atoms with Crippen LogP contribution in [0, 0.1) is 5.92 Å². The molecule has 15 heavy (non-hydrogen) atoms. The zero-order valence-corrected chi connectivity index (χ0v) is 10.1. The van der Waals surface area contributed by atoms with Crippen LogP contribution in [0.4, 0.5) is 5.82 Å². The summed E-state index contributed by atoms with van der Waals surface area (Å²) in [5.41, 5.74) is 0. The lowest BCUT2D eigenvalue weighted by atomic mass is 10.2. The lowest BCUT2D eigenvalue weighted by Gasteiger charge is -2.16. The number of anilines is 1. The second-order valence-corrected chi connectivity index (χ2v) is 4.50. The Morgan fingerprint density at radius 1 is 1.67 bits per heavy atom. The van der Waals surface area contributed by atoms with Crippen molar-refractivity contribution in [3.8, 4) is 5.75 Å². The van der Waals surface area contributed by atoms with Gasteiger partial charge in [-0.3, -0.25) is 9.69 Å². The van der Waals surface area contributed by atoms with Crippen molar-refractivity contribution in [1.29, 1.82) is 0 Å². The largest absolute Gasteiger partial charge is 0.489 e. The zero-order valence-electron chi connectivity index (χ0n) is 8.53. The number of rotatable bonds is 0. The topological polar surface area (TPSA) is 42.4 Å². The minimum absolute atomic E-state index is 0.0311. The molecule has 5 heteroatoms. The van der Waals surface area contributed by atoms with Gasteiger partial charge in [0, 0.05) is 17.7 Å². The van der Waals surface area contributed by atoms with Gasteiger partial charge in [0.2, 0.25) is 5.91 Å². The molecular formula is C10H11BrN2O2. The highest BCUT2D eigenvalue weighted by atomic mass is 79.9. The highest BCUT2D eigenvalue weighted by Crippen LogP contribution is 2.31. The van der Waals surface area contributed by atoms with E-state index in [1.165, 1.54) is 0 Å². The Balaban J connectivity index is 2.47. The quantitative estimate of drug-likeness (QED) is 0.723. The molecule has 0 radical (unpaired) electrons. The molecule has 0 saturated heterocycles. The van der Waals surface area contributed by atoms with Gasteiger partial charge in [0.05, 0.1) is 12.5 Å². The Morgan fingerprint density at radius 3 is 3.13 bits per heavy atom. The predicted molar refractivity (Wildman–Crippen MR) is 60.0 cm³/mol. The molecule has 1 aromatic rings. The van der Waals surface area contributed by atoms with Crippen LogP contribution in [0.15, 0.2) is 16.7 Å². The van der Waals surface area contributed by atoms with Gasteiger partial charge in [-0.1, -0.05) is 6.92 Å². The van der Waals surface area contributed by atoms with Crippen LogP contribution >= 0.6 is 15.9 Å². The van der Waals surface area contributed by atoms with Gasteiger partial charge < -0.3 is 4.74 Å². The fraction of sp³-hybridized carbons (Fsp3) is 0.400. The molecule has 0 N–H and O–H groups in total. The lowest BCUT2D eigenvalue weighted by molar-refractivity contribution is -0.122. The van der Waals surface area contributed by atoms with Crippen molar-refractivity contribution in [3.63, 3.8) is 0 Å². The van der Waals surface area contributed by atoms with Gasteiger partial charge in [0.1, 0.15) is 0 Å². The van der Waals surface area contributed by atoms with E-state index in [-0.39, 0.29) is 11.8 Å². The molecular weight excluding hydrogens is 260 g/mol. The van der Waals surface area contributed by atoms with Gasteiger partial charge in [-0.15, -0.1) is 0 Å². The zero-order chi connectivity index (χ0) is 11.0. The molecule has 2 rings (SSSR count). The van der Waals surface area contributed by atoms with Gasteiger partial charge in [0.15, 0.2) is 11.6 Å². The molecule has 0 fully saturated rings. The van der Waals surface area contributed by atoms with E-state index in [9.17, 15) is 4.79 Å². The molecule has 1 atom stereocenters. The first-order chi connectivity index (χ1) is 7.09. The number of amides is 1. The average Bonchev–Trinajstić information content (AvgIpc) is 2.32. The Kier molecular flexibility index (Phi) is 2.65. The number of fused-ring (bicyclic) bond motifs is 1. The summed E-state index contributed by atoms with van der Waals surface area (Å²) >= 11 is 3.32. The number of aromatic nitrogens is 1. The molecule has 0 saturated carbocycles. The van der Waals surface area contributed by atoms with Crippen molar-refractivity contribution in [2.75, 3.05) is 18.6 Å². The van der Waals surface area contributed by atoms with E-state index in [1.807, 2.05) is 13.0 Å². The summed E-state index contributed by atoms with van der Waals surface area (Å²) < 4.78 is 6.37. The second kappa shape index (κ2) is 3.81. The van der Waals surface area contributed by atoms with Gasteiger partial charge >= 0.3 is 0 Å². The molecule has 1 aliphatic heterocycles. The van der Waals surface area contributed by atoms with E-state index in [2.05, 4.69) is 20.9 Å². The minimum atomic E-state index is -0.136. The fourth-order valence-electron chi connectivity index (χ4n) is 1.49. The Morgan fingerprint density at radius 2 is 2.40 bits per heavy atom. The number of pyridine rings is 1. The van der Waals surface area contributed by atoms with Crippen molar-refractivity contribution >= 4 is 27.7 Å². The molecule has 0 unspecified atom stereocenters. The standard InChI is InChI=1S/C10H11BrN2O2/c1-6-5-15-8-3-7(11)4-12-9(8)13(2)10(6)14/h3-4,6H,5H2,1-2H3/t6-/m0/s1. The lowest BCUT2D eigenvalue weighted by Crippen LogP contribution is -2.32. The first kappa shape index (κ1) is 10.4. The van der Waals surface area contributed by atoms with E-state index in [4.69, 9.17) is 4.74 Å². The van der Waals surface area contributed by atoms with Crippen LogP contribution in [0.25, 0.3) is 0 Å². The Labute approximate surface area is 96.4 Å². The third-order valence-corrected chi connectivity index (χ3v) is 2.79. The van der Waals surface area contributed by atoms with Crippen LogP contribution in [0.1, 0.15) is 6.92 Å². The number of halogens is 1. The molecule has 1 aromatic heterocycles. The molecule has 2 heterocycles. The number of ether oxygens (including phenoxy) is 1. The molecule has 80 valence electrons. The molecule has 4 nitrogen and oxygen atoms in total. The van der Waals surface area contributed by atoms with Crippen molar-refractivity contribution in [2.45, 2.75) is 6.92 Å². The SMILES string of the molecule is C[C@H]1COc2cc(Br)cnc2N(C)C1=O. The van der Waals surface area contributed by atoms with Crippen molar-refractivity contribution in [2.24, 2.45) is 5.92 Å². The molecule has 0 spiro atoms. The number of nitrogens with zero attached hydrogens (tertiary/aromatic N) is 2. The van der Waals surface area contributed by atoms with Crippen LogP contribution in [-0.4, -0.2) is 24.5 Å². The minimum Gasteiger partial charge on any atom is -0.489 e. The van der Waals surface area contributed by atoms with Crippen LogP contribution in [-0.2, 0) is 4.79 Å². The number of hydrogen-bond acceptors (Lipinski definition) is 3. The van der Waals surface area contributed by atoms with Crippen molar-refractivity contribution in [3.05, 3.63) is 16.7 Å². The molecule has 0 aliphatic carbocycles. The summed E-state index contributed by atoms with van der Waals surface area (Å²) in [5, 5.41) is 0. The van der Waals surface area contributed by atoms with Crippen LogP contribution in [0.2, 0.25) is 0 Å². The first-order valence-electron chi connectivity index (χ1n) is 4.65. The van der Waals surface area contributed by atoms with Crippen LogP contribution in [0.5, 0.6) is 5.75 Å². The molecule has 0 bridgehead atoms. The monoisotopic (exact) mass is 270 g/mol. The molecule has 1 amide bonds. The highest BCUT2D eigenvalue weighted by molar-refractivity contribution is 9.10. The Bertz CT molecular complexity index is 408. The maximum Gasteiger partial charge on any atom is 0.234 e. The fourth-order valence-corrected chi connectivity index (χ4v) is 1.80. The maximum atomic E-state index is 11.8. The summed E-state index contributed by atoms with van der Waals surface area (Å²) in [6, 6.07) is 1.82. The van der Waals surface area contributed by atoms with Crippen LogP contribution < -0.4 is 9.64 Å². The number of carbonyl (C=O) groups excluding carboxylic acids is 1. The van der Waals surface area contributed by atoms with E-state index in [0.29, 0.717) is 18.2 Å². The Hall–Kier alpha value is -1.10. The van der Waals surface area contributed by atoms with Crippen LogP contribution in [0.3, 0.4) is 0 Å². The molecule has 1 aliphatic rings. The summed E-state index contributed by atoms with van der Waals surface area (Å²) in [6.07, 6.45) is 1.65. The van der Waals surface area contributed by atoms with Crippen molar-refractivity contribution < 1.29 is 9.53 Å². The van der Waals surface area contributed by atoms with Gasteiger partial charge in [-0.05, 0) is 22.0 Å². The molecule has 0 aromatic carbocycles. The average molecular weight is 271 g/mol. The first-order valence-corrected chi connectivity index (χ1v) is 5.45. The van der Waals surface area contributed by atoms with Gasteiger partial charge in [0.25, 0.3) is 0 Å². The number of hydrogen-bond donors (Lipinski definition) is 0. The number of carbonyl (C=O) groups is 1. The third kappa shape index (κ3) is 1.84. The maximum absolute atomic E-state index is 11.8. The summed E-state index contributed by atoms with van der Waals surface area (Å²) in [6.45, 7) is 2.24. The van der Waals surface area contributed by atoms with E-state index >= 15 is 0 Å². The predicted octanol–water partition coefficient (Wildman–Crippen LogP) is 1.84. The van der Waals surface area contributed by atoms with Gasteiger partial charge in [-0.2, -0.15) is 0 Å². The van der Waals surface area contributed by atoms with E-state index in [0.717, 1.165) is 4.47 Å². The van der Waals surface area contributed by atoms with E-state index in [1.54, 1.807) is 18.1 Å². The highest BCUT2D eigenvalue weighted by Gasteiger charge is 2.26. The van der Waals surface area contributed by atoms with E-state index < -0.39 is 0 Å². The summed E-state index contributed by atoms with van der Waals surface area (Å²) in [4.78, 5) is 17.5. The normalized spacial score (nSPS) is 20.6.